The van der Waals surface area contributed by atoms with Gasteiger partial charge in [-0.05, 0) is 63.5 Å². The first-order valence-corrected chi connectivity index (χ1v) is 11.0. The molecule has 4 nitrogen and oxygen atoms in total. The topological polar surface area (TPSA) is 46.6 Å². The van der Waals surface area contributed by atoms with E-state index in [1.54, 1.807) is 17.9 Å². The van der Waals surface area contributed by atoms with E-state index in [2.05, 4.69) is 6.08 Å². The Morgan fingerprint density at radius 2 is 1.84 bits per heavy atom. The van der Waals surface area contributed by atoms with Gasteiger partial charge in [-0.2, -0.15) is 13.2 Å². The van der Waals surface area contributed by atoms with Crippen LogP contribution in [-0.2, 0) is 26.9 Å². The van der Waals surface area contributed by atoms with Gasteiger partial charge in [0.25, 0.3) is 0 Å². The average molecular weight is 438 g/mol. The molecule has 1 amide bonds. The summed E-state index contributed by atoms with van der Waals surface area (Å²) in [4.78, 5) is 27.3. The first kappa shape index (κ1) is 23.4. The van der Waals surface area contributed by atoms with Crippen molar-refractivity contribution in [3.05, 3.63) is 47.0 Å². The molecule has 1 fully saturated rings. The molecule has 170 valence electrons. The van der Waals surface area contributed by atoms with Gasteiger partial charge in [0.15, 0.2) is 0 Å². The molecular formula is C24H30F3NO3. The molecule has 31 heavy (non-hydrogen) atoms. The van der Waals surface area contributed by atoms with Crippen molar-refractivity contribution < 1.29 is 27.5 Å². The van der Waals surface area contributed by atoms with Gasteiger partial charge in [0.05, 0.1) is 17.6 Å². The van der Waals surface area contributed by atoms with E-state index >= 15 is 0 Å². The van der Waals surface area contributed by atoms with Gasteiger partial charge >= 0.3 is 12.1 Å². The Labute approximate surface area is 181 Å². The van der Waals surface area contributed by atoms with Gasteiger partial charge in [-0.15, -0.1) is 0 Å². The van der Waals surface area contributed by atoms with E-state index in [1.807, 2.05) is 0 Å². The summed E-state index contributed by atoms with van der Waals surface area (Å²) >= 11 is 0. The highest BCUT2D eigenvalue weighted by Crippen LogP contribution is 2.41. The zero-order valence-corrected chi connectivity index (χ0v) is 18.0. The maximum Gasteiger partial charge on any atom is 0.416 e. The van der Waals surface area contributed by atoms with Crippen LogP contribution < -0.4 is 0 Å². The zero-order chi connectivity index (χ0) is 22.5. The molecule has 1 saturated heterocycles. The minimum Gasteiger partial charge on any atom is -0.466 e. The molecule has 0 N–H and O–H groups in total. The Morgan fingerprint density at radius 3 is 2.45 bits per heavy atom. The van der Waals surface area contributed by atoms with Gasteiger partial charge in [-0.1, -0.05) is 29.8 Å². The number of benzene rings is 1. The third kappa shape index (κ3) is 5.69. The first-order chi connectivity index (χ1) is 14.7. The van der Waals surface area contributed by atoms with E-state index in [0.29, 0.717) is 32.4 Å². The Morgan fingerprint density at radius 1 is 1.13 bits per heavy atom. The molecule has 3 rings (SSSR count). The fourth-order valence-electron chi connectivity index (χ4n) is 4.61. The number of alkyl halides is 3. The number of piperidine rings is 1. The highest BCUT2D eigenvalue weighted by Gasteiger charge is 2.45. The molecule has 1 aromatic carbocycles. The molecule has 2 aliphatic rings. The summed E-state index contributed by atoms with van der Waals surface area (Å²) in [5.41, 5.74) is -0.521. The van der Waals surface area contributed by atoms with E-state index in [-0.39, 0.29) is 24.5 Å². The van der Waals surface area contributed by atoms with Gasteiger partial charge in [0, 0.05) is 19.5 Å². The molecular weight excluding hydrogens is 407 g/mol. The van der Waals surface area contributed by atoms with Crippen LogP contribution in [0.2, 0.25) is 0 Å². The third-order valence-electron chi connectivity index (χ3n) is 6.40. The lowest BCUT2D eigenvalue weighted by Gasteiger charge is -2.40. The molecule has 1 aliphatic carbocycles. The summed E-state index contributed by atoms with van der Waals surface area (Å²) in [6.07, 6.45) is 2.79. The molecule has 1 aromatic rings. The number of carbonyl (C=O) groups excluding carboxylic acids is 2. The number of rotatable bonds is 6. The number of amides is 1. The minimum atomic E-state index is -4.49. The van der Waals surface area contributed by atoms with Crippen LogP contribution >= 0.6 is 0 Å². The summed E-state index contributed by atoms with van der Waals surface area (Å²) in [5, 5.41) is 0. The fourth-order valence-corrected chi connectivity index (χ4v) is 4.61. The first-order valence-electron chi connectivity index (χ1n) is 11.0. The predicted molar refractivity (Wildman–Crippen MR) is 111 cm³/mol. The number of carbonyl (C=O) groups is 2. The number of esters is 1. The average Bonchev–Trinajstić information content (AvgIpc) is 2.74. The van der Waals surface area contributed by atoms with Crippen LogP contribution in [0.3, 0.4) is 0 Å². The number of allylic oxidation sites excluding steroid dienone is 1. The van der Waals surface area contributed by atoms with E-state index in [9.17, 15) is 22.8 Å². The van der Waals surface area contributed by atoms with E-state index in [4.69, 9.17) is 4.74 Å². The van der Waals surface area contributed by atoms with Gasteiger partial charge < -0.3 is 9.64 Å². The summed E-state index contributed by atoms with van der Waals surface area (Å²) < 4.78 is 45.7. The number of halogens is 3. The number of hydrogen-bond donors (Lipinski definition) is 0. The second kappa shape index (κ2) is 9.88. The summed E-state index contributed by atoms with van der Waals surface area (Å²) in [6, 6.07) is 5.38. The van der Waals surface area contributed by atoms with Crippen LogP contribution in [0.1, 0.15) is 63.0 Å². The van der Waals surface area contributed by atoms with Gasteiger partial charge in [-0.3, -0.25) is 9.59 Å². The molecule has 0 atom stereocenters. The van der Waals surface area contributed by atoms with Crippen molar-refractivity contribution in [3.8, 4) is 0 Å². The van der Waals surface area contributed by atoms with Crippen LogP contribution in [0, 0.1) is 5.41 Å². The largest absolute Gasteiger partial charge is 0.466 e. The summed E-state index contributed by atoms with van der Waals surface area (Å²) in [6.45, 7) is 2.54. The molecule has 0 radical (unpaired) electrons. The number of hydrogen-bond acceptors (Lipinski definition) is 3. The van der Waals surface area contributed by atoms with Crippen molar-refractivity contribution >= 4 is 11.9 Å². The standard InChI is InChI=1S/C24H30F3NO3/c1-2-31-22(30)23(17-19-10-6-7-11-20(19)24(25,26)27)12-14-28(15-13-23)21(29)16-18-8-4-3-5-9-18/h6-8,10-11H,2-5,9,12-17H2,1H3. The fraction of sp³-hybridized carbons (Fsp3) is 0.583. The zero-order valence-electron chi connectivity index (χ0n) is 18.0. The number of ether oxygens (including phenoxy) is 1. The lowest BCUT2D eigenvalue weighted by Crippen LogP contribution is -2.48. The molecule has 0 saturated carbocycles. The van der Waals surface area contributed by atoms with Crippen molar-refractivity contribution in [1.82, 2.24) is 4.90 Å². The monoisotopic (exact) mass is 437 g/mol. The number of nitrogens with zero attached hydrogens (tertiary/aromatic N) is 1. The summed E-state index contributed by atoms with van der Waals surface area (Å²) in [7, 11) is 0. The lowest BCUT2D eigenvalue weighted by molar-refractivity contribution is -0.160. The van der Waals surface area contributed by atoms with Crippen molar-refractivity contribution in [3.63, 3.8) is 0 Å². The van der Waals surface area contributed by atoms with Crippen molar-refractivity contribution in [2.75, 3.05) is 19.7 Å². The minimum absolute atomic E-state index is 0.0290. The normalized spacial score (nSPS) is 19.0. The molecule has 0 unspecified atom stereocenters. The van der Waals surface area contributed by atoms with E-state index in [1.165, 1.54) is 12.1 Å². The van der Waals surface area contributed by atoms with Crippen molar-refractivity contribution in [2.45, 2.75) is 64.5 Å². The van der Waals surface area contributed by atoms with Crippen LogP contribution in [0.5, 0.6) is 0 Å². The SMILES string of the molecule is CCOC(=O)C1(Cc2ccccc2C(F)(F)F)CCN(C(=O)CC2=CCCCC2)CC1. The second-order valence-corrected chi connectivity index (χ2v) is 8.50. The Kier molecular flexibility index (Phi) is 7.44. The van der Waals surface area contributed by atoms with Crippen LogP contribution in [0.4, 0.5) is 13.2 Å². The van der Waals surface area contributed by atoms with E-state index < -0.39 is 23.1 Å². The molecule has 1 aliphatic heterocycles. The van der Waals surface area contributed by atoms with Gasteiger partial charge in [0.2, 0.25) is 5.91 Å². The number of likely N-dealkylation sites (tertiary alicyclic amines) is 1. The third-order valence-corrected chi connectivity index (χ3v) is 6.40. The molecule has 7 heteroatoms. The Balaban J connectivity index is 1.75. The molecule has 0 aromatic heterocycles. The predicted octanol–water partition coefficient (Wildman–Crippen LogP) is 5.31. The maximum atomic E-state index is 13.5. The van der Waals surface area contributed by atoms with Gasteiger partial charge in [-0.25, -0.2) is 0 Å². The highest BCUT2D eigenvalue weighted by atomic mass is 19.4. The quantitative estimate of drug-likeness (QED) is 0.448. The van der Waals surface area contributed by atoms with Crippen LogP contribution in [0.25, 0.3) is 0 Å². The van der Waals surface area contributed by atoms with Crippen LogP contribution in [-0.4, -0.2) is 36.5 Å². The molecule has 0 bridgehead atoms. The molecule has 0 spiro atoms. The Bertz CT molecular complexity index is 824. The van der Waals surface area contributed by atoms with Crippen LogP contribution in [0.15, 0.2) is 35.9 Å². The van der Waals surface area contributed by atoms with Crippen molar-refractivity contribution in [2.24, 2.45) is 5.41 Å². The lowest BCUT2D eigenvalue weighted by atomic mass is 9.73. The highest BCUT2D eigenvalue weighted by molar-refractivity contribution is 5.81. The Hall–Kier alpha value is -2.31. The van der Waals surface area contributed by atoms with Gasteiger partial charge in [0.1, 0.15) is 0 Å². The maximum absolute atomic E-state index is 13.5. The second-order valence-electron chi connectivity index (χ2n) is 8.50. The molecule has 1 heterocycles. The summed E-state index contributed by atoms with van der Waals surface area (Å²) in [5.74, 6) is -0.449. The smallest absolute Gasteiger partial charge is 0.416 e. The van der Waals surface area contributed by atoms with E-state index in [0.717, 1.165) is 37.3 Å². The van der Waals surface area contributed by atoms with Crippen molar-refractivity contribution in [1.29, 1.82) is 0 Å².